The highest BCUT2D eigenvalue weighted by Gasteiger charge is 2.06. The summed E-state index contributed by atoms with van der Waals surface area (Å²) in [6, 6.07) is 4.78. The third kappa shape index (κ3) is 1.46. The summed E-state index contributed by atoms with van der Waals surface area (Å²) < 4.78 is 5.74. The Balaban J connectivity index is 2.96. The first-order valence-corrected chi connectivity index (χ1v) is 4.37. The molecule has 15 heavy (non-hydrogen) atoms. The van der Waals surface area contributed by atoms with Crippen LogP contribution in [-0.2, 0) is 13.7 Å². The highest BCUT2D eigenvalue weighted by molar-refractivity contribution is 5.78. The van der Waals surface area contributed by atoms with Crippen LogP contribution in [0.2, 0.25) is 0 Å². The number of hydrogen-bond donors (Lipinski definition) is 1. The lowest BCUT2D eigenvalue weighted by Crippen LogP contribution is -2.22. The van der Waals surface area contributed by atoms with Crippen molar-refractivity contribution in [1.29, 1.82) is 0 Å². The van der Waals surface area contributed by atoms with Crippen LogP contribution in [0, 0.1) is 0 Å². The maximum Gasteiger partial charge on any atom is 0.422 e. The minimum atomic E-state index is -0.691. The monoisotopic (exact) mass is 207 g/mol. The van der Waals surface area contributed by atoms with E-state index in [2.05, 4.69) is 4.42 Å². The van der Waals surface area contributed by atoms with E-state index in [1.807, 2.05) is 0 Å². The van der Waals surface area contributed by atoms with Crippen LogP contribution in [0.3, 0.4) is 0 Å². The van der Waals surface area contributed by atoms with Crippen molar-refractivity contribution < 1.29 is 9.52 Å². The zero-order valence-corrected chi connectivity index (χ0v) is 8.06. The van der Waals surface area contributed by atoms with Gasteiger partial charge in [-0.25, -0.2) is 9.59 Å². The molecule has 1 aromatic carbocycles. The largest absolute Gasteiger partial charge is 0.422 e. The summed E-state index contributed by atoms with van der Waals surface area (Å²) in [5, 5.41) is 9.21. The van der Waals surface area contributed by atoms with Crippen molar-refractivity contribution in [3.63, 3.8) is 0 Å². The van der Waals surface area contributed by atoms with Crippen LogP contribution in [-0.4, -0.2) is 9.67 Å². The van der Waals surface area contributed by atoms with Gasteiger partial charge in [0.2, 0.25) is 0 Å². The van der Waals surface area contributed by atoms with Crippen molar-refractivity contribution in [3.05, 3.63) is 44.7 Å². The molecule has 0 saturated heterocycles. The fourth-order valence-electron chi connectivity index (χ4n) is 1.44. The molecular weight excluding hydrogens is 198 g/mol. The topological polar surface area (TPSA) is 72.4 Å². The number of benzene rings is 1. The number of rotatable bonds is 1. The number of fused-ring (bicyclic) bond motifs is 1. The van der Waals surface area contributed by atoms with E-state index < -0.39 is 11.4 Å². The first-order valence-electron chi connectivity index (χ1n) is 4.37. The van der Waals surface area contributed by atoms with Gasteiger partial charge in [0.15, 0.2) is 0 Å². The van der Waals surface area contributed by atoms with Gasteiger partial charge in [0.05, 0.1) is 17.5 Å². The Morgan fingerprint density at radius 2 is 2.13 bits per heavy atom. The zero-order chi connectivity index (χ0) is 11.0. The van der Waals surface area contributed by atoms with Gasteiger partial charge in [-0.3, -0.25) is 4.57 Å². The standard InChI is InChI=1S/C10H9NO4/c1-11-8-3-2-6(5-12)4-7(8)9(13)15-10(11)14/h2-4,12H,5H2,1H3. The molecule has 2 rings (SSSR count). The van der Waals surface area contributed by atoms with E-state index in [0.29, 0.717) is 16.5 Å². The number of aliphatic hydroxyl groups excluding tert-OH is 1. The smallest absolute Gasteiger partial charge is 0.392 e. The second-order valence-corrected chi connectivity index (χ2v) is 3.22. The number of nitrogens with zero attached hydrogens (tertiary/aromatic N) is 1. The Labute approximate surface area is 84.2 Å². The molecule has 1 aromatic heterocycles. The molecule has 0 aliphatic rings. The summed E-state index contributed by atoms with van der Waals surface area (Å²) in [4.78, 5) is 22.5. The van der Waals surface area contributed by atoms with Gasteiger partial charge in [-0.15, -0.1) is 0 Å². The van der Waals surface area contributed by atoms with E-state index in [4.69, 9.17) is 5.11 Å². The van der Waals surface area contributed by atoms with E-state index in [9.17, 15) is 9.59 Å². The molecule has 2 aromatic rings. The van der Waals surface area contributed by atoms with Gasteiger partial charge in [0.25, 0.3) is 0 Å². The van der Waals surface area contributed by atoms with Crippen molar-refractivity contribution >= 4 is 10.9 Å². The van der Waals surface area contributed by atoms with Gasteiger partial charge in [0.1, 0.15) is 0 Å². The molecule has 0 spiro atoms. The van der Waals surface area contributed by atoms with Crippen molar-refractivity contribution in [1.82, 2.24) is 4.57 Å². The number of aromatic nitrogens is 1. The van der Waals surface area contributed by atoms with E-state index in [-0.39, 0.29) is 6.61 Å². The summed E-state index contributed by atoms with van der Waals surface area (Å²) >= 11 is 0. The maximum absolute atomic E-state index is 11.4. The maximum atomic E-state index is 11.4. The SMILES string of the molecule is Cn1c(=O)oc(=O)c2cc(CO)ccc21. The average Bonchev–Trinajstić information content (AvgIpc) is 2.25. The molecule has 0 radical (unpaired) electrons. The third-order valence-electron chi connectivity index (χ3n) is 2.28. The summed E-state index contributed by atoms with van der Waals surface area (Å²) in [5.41, 5.74) is 0.422. The predicted molar refractivity (Wildman–Crippen MR) is 53.6 cm³/mol. The normalized spacial score (nSPS) is 10.8. The molecule has 0 bridgehead atoms. The third-order valence-corrected chi connectivity index (χ3v) is 2.28. The lowest BCUT2D eigenvalue weighted by Gasteiger charge is -2.03. The molecule has 0 fully saturated rings. The summed E-state index contributed by atoms with van der Waals surface area (Å²) in [7, 11) is 1.52. The van der Waals surface area contributed by atoms with Gasteiger partial charge in [-0.2, -0.15) is 0 Å². The second-order valence-electron chi connectivity index (χ2n) is 3.22. The van der Waals surface area contributed by atoms with Gasteiger partial charge in [-0.1, -0.05) is 6.07 Å². The molecule has 0 atom stereocenters. The van der Waals surface area contributed by atoms with Crippen molar-refractivity contribution in [2.75, 3.05) is 0 Å². The summed E-state index contributed by atoms with van der Waals surface area (Å²) in [5.74, 6) is -0.691. The van der Waals surface area contributed by atoms with Crippen LogP contribution < -0.4 is 11.4 Å². The van der Waals surface area contributed by atoms with Gasteiger partial charge >= 0.3 is 11.4 Å². The molecule has 1 heterocycles. The predicted octanol–water partition coefficient (Wildman–Crippen LogP) is -0.0160. The summed E-state index contributed by atoms with van der Waals surface area (Å²) in [6.45, 7) is -0.155. The Morgan fingerprint density at radius 1 is 1.40 bits per heavy atom. The number of aryl methyl sites for hydroxylation is 1. The minimum absolute atomic E-state index is 0.155. The minimum Gasteiger partial charge on any atom is -0.392 e. The molecule has 0 aliphatic heterocycles. The van der Waals surface area contributed by atoms with Crippen molar-refractivity contribution in [3.8, 4) is 0 Å². The van der Waals surface area contributed by atoms with E-state index in [0.717, 1.165) is 0 Å². The molecule has 0 unspecified atom stereocenters. The molecular formula is C10H9NO4. The Bertz CT molecular complexity index is 623. The Hall–Kier alpha value is -1.88. The van der Waals surface area contributed by atoms with Crippen molar-refractivity contribution in [2.45, 2.75) is 6.61 Å². The highest BCUT2D eigenvalue weighted by atomic mass is 16.4. The molecule has 78 valence electrons. The molecule has 5 heteroatoms. The van der Waals surface area contributed by atoms with Crippen LogP contribution >= 0.6 is 0 Å². The fourth-order valence-corrected chi connectivity index (χ4v) is 1.44. The first kappa shape index (κ1) is 9.67. The number of hydrogen-bond acceptors (Lipinski definition) is 4. The lowest BCUT2D eigenvalue weighted by atomic mass is 10.1. The zero-order valence-electron chi connectivity index (χ0n) is 8.06. The first-order chi connectivity index (χ1) is 7.13. The quantitative estimate of drug-likeness (QED) is 0.713. The van der Waals surface area contributed by atoms with Crippen LogP contribution in [0.4, 0.5) is 0 Å². The summed E-state index contributed by atoms with van der Waals surface area (Å²) in [6.07, 6.45) is 0. The van der Waals surface area contributed by atoms with Gasteiger partial charge < -0.3 is 9.52 Å². The molecule has 0 aliphatic carbocycles. The van der Waals surface area contributed by atoms with Crippen LogP contribution in [0.15, 0.2) is 32.2 Å². The highest BCUT2D eigenvalue weighted by Crippen LogP contribution is 2.10. The fraction of sp³-hybridized carbons (Fsp3) is 0.200. The van der Waals surface area contributed by atoms with Crippen LogP contribution in [0.25, 0.3) is 10.9 Å². The molecule has 1 N–H and O–H groups in total. The lowest BCUT2D eigenvalue weighted by molar-refractivity contribution is 0.282. The molecule has 0 amide bonds. The number of aliphatic hydroxyl groups is 1. The Kier molecular flexibility index (Phi) is 2.17. The van der Waals surface area contributed by atoms with Gasteiger partial charge in [-0.05, 0) is 17.7 Å². The van der Waals surface area contributed by atoms with E-state index in [1.165, 1.54) is 17.7 Å². The second kappa shape index (κ2) is 3.36. The van der Waals surface area contributed by atoms with E-state index in [1.54, 1.807) is 12.1 Å². The van der Waals surface area contributed by atoms with Gasteiger partial charge in [0, 0.05) is 7.05 Å². The van der Waals surface area contributed by atoms with Crippen LogP contribution in [0.5, 0.6) is 0 Å². The van der Waals surface area contributed by atoms with Crippen molar-refractivity contribution in [2.24, 2.45) is 7.05 Å². The van der Waals surface area contributed by atoms with Crippen LogP contribution in [0.1, 0.15) is 5.56 Å². The molecule has 0 saturated carbocycles. The van der Waals surface area contributed by atoms with E-state index >= 15 is 0 Å². The Morgan fingerprint density at radius 3 is 2.80 bits per heavy atom. The molecule has 5 nitrogen and oxygen atoms in total. The average molecular weight is 207 g/mol.